The van der Waals surface area contributed by atoms with Crippen LogP contribution in [0.15, 0.2) is 30.5 Å². The minimum Gasteiger partial charge on any atom is -0.495 e. The zero-order chi connectivity index (χ0) is 21.9. The third-order valence-electron chi connectivity index (χ3n) is 4.36. The van der Waals surface area contributed by atoms with E-state index in [1.54, 1.807) is 13.0 Å². The van der Waals surface area contributed by atoms with Gasteiger partial charge in [0, 0.05) is 19.2 Å². The van der Waals surface area contributed by atoms with Crippen LogP contribution in [0, 0.1) is 6.92 Å². The quantitative estimate of drug-likeness (QED) is 0.455. The van der Waals surface area contributed by atoms with Crippen LogP contribution in [0.4, 0.5) is 10.5 Å². The van der Waals surface area contributed by atoms with Crippen LogP contribution >= 0.6 is 0 Å². The zero-order valence-corrected chi connectivity index (χ0v) is 17.6. The van der Waals surface area contributed by atoms with Crippen LogP contribution in [0.5, 0.6) is 5.75 Å². The van der Waals surface area contributed by atoms with Gasteiger partial charge in [-0.25, -0.2) is 4.79 Å². The Morgan fingerprint density at radius 1 is 1.13 bits per heavy atom. The summed E-state index contributed by atoms with van der Waals surface area (Å²) in [4.78, 5) is 35.9. The first-order chi connectivity index (χ1) is 14.5. The summed E-state index contributed by atoms with van der Waals surface area (Å²) in [5.74, 6) is -0.0937. The van der Waals surface area contributed by atoms with Crippen LogP contribution in [0.2, 0.25) is 0 Å². The van der Waals surface area contributed by atoms with Crippen molar-refractivity contribution < 1.29 is 23.9 Å². The van der Waals surface area contributed by atoms with Crippen LogP contribution < -0.4 is 15.4 Å². The molecule has 0 saturated carbocycles. The molecule has 0 aliphatic rings. The second-order valence-electron chi connectivity index (χ2n) is 6.60. The highest BCUT2D eigenvalue weighted by Crippen LogP contribution is 2.27. The average molecular weight is 416 g/mol. The summed E-state index contributed by atoms with van der Waals surface area (Å²) in [6.45, 7) is 4.47. The Bertz CT molecular complexity index is 878. The number of unbranched alkanes of at least 4 members (excludes halogenated alkanes) is 2. The van der Waals surface area contributed by atoms with E-state index in [1.807, 2.05) is 19.1 Å². The Hall–Kier alpha value is -3.36. The van der Waals surface area contributed by atoms with Gasteiger partial charge < -0.3 is 20.1 Å². The molecule has 0 fully saturated rings. The Morgan fingerprint density at radius 2 is 1.93 bits per heavy atom. The topological polar surface area (TPSA) is 112 Å². The van der Waals surface area contributed by atoms with E-state index < -0.39 is 11.9 Å². The number of rotatable bonds is 10. The molecule has 30 heavy (non-hydrogen) atoms. The van der Waals surface area contributed by atoms with Gasteiger partial charge in [-0.1, -0.05) is 18.6 Å². The number of methoxy groups -OCH3 is 1. The molecule has 2 amide bonds. The van der Waals surface area contributed by atoms with E-state index in [4.69, 9.17) is 9.47 Å². The lowest BCUT2D eigenvalue weighted by Gasteiger charge is -2.11. The summed E-state index contributed by atoms with van der Waals surface area (Å²) in [5, 5.41) is 9.55. The van der Waals surface area contributed by atoms with Crippen molar-refractivity contribution in [2.24, 2.45) is 0 Å². The van der Waals surface area contributed by atoms with Crippen molar-refractivity contribution in [3.63, 3.8) is 0 Å². The number of nitrogens with zero attached hydrogens (tertiary/aromatic N) is 2. The fourth-order valence-electron chi connectivity index (χ4n) is 2.79. The van der Waals surface area contributed by atoms with Crippen molar-refractivity contribution in [3.8, 4) is 5.75 Å². The lowest BCUT2D eigenvalue weighted by molar-refractivity contribution is -0.143. The van der Waals surface area contributed by atoms with Crippen LogP contribution in [-0.4, -0.2) is 47.9 Å². The molecule has 1 heterocycles. The number of hydrogen-bond donors (Lipinski definition) is 2. The van der Waals surface area contributed by atoms with Crippen LogP contribution in [0.1, 0.15) is 48.7 Å². The van der Waals surface area contributed by atoms with Gasteiger partial charge in [-0.05, 0) is 44.4 Å². The van der Waals surface area contributed by atoms with Crippen molar-refractivity contribution in [1.29, 1.82) is 0 Å². The number of anilines is 1. The maximum atomic E-state index is 12.5. The largest absolute Gasteiger partial charge is 0.495 e. The third-order valence-corrected chi connectivity index (χ3v) is 4.36. The second-order valence-corrected chi connectivity index (χ2v) is 6.60. The molecular formula is C21H28N4O5. The second kappa shape index (κ2) is 11.6. The van der Waals surface area contributed by atoms with Gasteiger partial charge >= 0.3 is 12.0 Å². The van der Waals surface area contributed by atoms with Gasteiger partial charge in [-0.3, -0.25) is 9.59 Å². The monoisotopic (exact) mass is 416 g/mol. The lowest BCUT2D eigenvalue weighted by atomic mass is 10.2. The molecule has 0 unspecified atom stereocenters. The molecule has 0 aliphatic carbocycles. The van der Waals surface area contributed by atoms with E-state index in [0.29, 0.717) is 37.4 Å². The molecule has 0 aliphatic heterocycles. The number of aromatic nitrogens is 2. The van der Waals surface area contributed by atoms with Gasteiger partial charge in [0.1, 0.15) is 5.75 Å². The Labute approximate surface area is 175 Å². The number of hydrogen-bond acceptors (Lipinski definition) is 6. The van der Waals surface area contributed by atoms with Gasteiger partial charge in [0.05, 0.1) is 19.4 Å². The number of carbonyl (C=O) groups is 3. The summed E-state index contributed by atoms with van der Waals surface area (Å²) in [5.41, 5.74) is 1.53. The van der Waals surface area contributed by atoms with Crippen LogP contribution in [-0.2, 0) is 9.53 Å². The lowest BCUT2D eigenvalue weighted by Crippen LogP contribution is -2.30. The fraction of sp³-hybridized carbons (Fsp3) is 0.429. The van der Waals surface area contributed by atoms with E-state index in [-0.39, 0.29) is 11.7 Å². The van der Waals surface area contributed by atoms with Crippen molar-refractivity contribution >= 4 is 23.6 Å². The number of nitrogens with one attached hydrogen (secondary N) is 2. The molecule has 0 saturated heterocycles. The highest BCUT2D eigenvalue weighted by molar-refractivity contribution is 6.04. The van der Waals surface area contributed by atoms with Gasteiger partial charge in [-0.15, -0.1) is 0 Å². The molecule has 0 radical (unpaired) electrons. The predicted octanol–water partition coefficient (Wildman–Crippen LogP) is 3.13. The minimum atomic E-state index is -0.437. The van der Waals surface area contributed by atoms with E-state index in [1.165, 1.54) is 19.4 Å². The van der Waals surface area contributed by atoms with E-state index >= 15 is 0 Å². The molecule has 2 N–H and O–H groups in total. The first kappa shape index (κ1) is 22.9. The number of benzene rings is 1. The van der Waals surface area contributed by atoms with E-state index in [9.17, 15) is 14.4 Å². The predicted molar refractivity (Wildman–Crippen MR) is 112 cm³/mol. The van der Waals surface area contributed by atoms with Crippen LogP contribution in [0.25, 0.3) is 0 Å². The molecule has 0 bridgehead atoms. The van der Waals surface area contributed by atoms with Gasteiger partial charge in [-0.2, -0.15) is 9.78 Å². The molecule has 1 aromatic heterocycles. The van der Waals surface area contributed by atoms with Crippen LogP contribution in [0.3, 0.4) is 0 Å². The molecule has 0 atom stereocenters. The minimum absolute atomic E-state index is 0.116. The number of para-hydroxylation sites is 1. The Balaban J connectivity index is 1.81. The molecule has 162 valence electrons. The SMILES string of the molecule is CCOC(=O)CCCCCNC(=O)n1ccc(C(=O)Nc2c(C)cccc2OC)n1. The molecule has 1 aromatic carbocycles. The average Bonchev–Trinajstić information content (AvgIpc) is 3.22. The summed E-state index contributed by atoms with van der Waals surface area (Å²) in [6, 6.07) is 6.49. The molecule has 2 rings (SSSR count). The maximum Gasteiger partial charge on any atom is 0.342 e. The number of esters is 1. The van der Waals surface area contributed by atoms with Gasteiger partial charge in [0.25, 0.3) is 5.91 Å². The van der Waals surface area contributed by atoms with Gasteiger partial charge in [0.15, 0.2) is 5.69 Å². The van der Waals surface area contributed by atoms with Crippen molar-refractivity contribution in [2.45, 2.75) is 39.5 Å². The molecule has 9 heteroatoms. The number of aryl methyl sites for hydroxylation is 1. The van der Waals surface area contributed by atoms with Crippen molar-refractivity contribution in [1.82, 2.24) is 15.1 Å². The normalized spacial score (nSPS) is 10.4. The number of amides is 2. The number of carbonyl (C=O) groups excluding carboxylic acids is 3. The molecular weight excluding hydrogens is 388 g/mol. The summed E-state index contributed by atoms with van der Waals surface area (Å²) in [7, 11) is 1.53. The molecule has 9 nitrogen and oxygen atoms in total. The van der Waals surface area contributed by atoms with Crippen molar-refractivity contribution in [3.05, 3.63) is 41.7 Å². The standard InChI is InChI=1S/C21H28N4O5/c1-4-30-18(26)11-6-5-7-13-22-21(28)25-14-12-16(24-25)20(27)23-19-15(2)9-8-10-17(19)29-3/h8-10,12,14H,4-7,11,13H2,1-3H3,(H,22,28)(H,23,27). The smallest absolute Gasteiger partial charge is 0.342 e. The van der Waals surface area contributed by atoms with Crippen molar-refractivity contribution in [2.75, 3.05) is 25.6 Å². The summed E-state index contributed by atoms with van der Waals surface area (Å²) in [6.07, 6.45) is 4.05. The van der Waals surface area contributed by atoms with E-state index in [2.05, 4.69) is 15.7 Å². The number of ether oxygens (including phenoxy) is 2. The fourth-order valence-corrected chi connectivity index (χ4v) is 2.79. The molecule has 2 aromatic rings. The Morgan fingerprint density at radius 3 is 2.67 bits per heavy atom. The molecule has 0 spiro atoms. The highest BCUT2D eigenvalue weighted by atomic mass is 16.5. The highest BCUT2D eigenvalue weighted by Gasteiger charge is 2.16. The first-order valence-corrected chi connectivity index (χ1v) is 9.90. The summed E-state index contributed by atoms with van der Waals surface area (Å²) >= 11 is 0. The summed E-state index contributed by atoms with van der Waals surface area (Å²) < 4.78 is 11.2. The third kappa shape index (κ3) is 6.61. The van der Waals surface area contributed by atoms with Gasteiger partial charge in [0.2, 0.25) is 0 Å². The Kier molecular flexibility index (Phi) is 8.86. The zero-order valence-electron chi connectivity index (χ0n) is 17.6. The maximum absolute atomic E-state index is 12.5. The first-order valence-electron chi connectivity index (χ1n) is 9.90. The van der Waals surface area contributed by atoms with E-state index in [0.717, 1.165) is 23.1 Å².